The van der Waals surface area contributed by atoms with Crippen LogP contribution in [0.15, 0.2) is 57.2 Å². The van der Waals surface area contributed by atoms with Crippen LogP contribution in [0, 0.1) is 0 Å². The first kappa shape index (κ1) is 23.3. The number of ether oxygens (including phenoxy) is 2. The molecule has 0 aliphatic carbocycles. The van der Waals surface area contributed by atoms with Crippen molar-refractivity contribution in [2.75, 3.05) is 24.7 Å². The van der Waals surface area contributed by atoms with Gasteiger partial charge >= 0.3 is 0 Å². The van der Waals surface area contributed by atoms with Gasteiger partial charge in [-0.1, -0.05) is 59.1 Å². The third-order valence-corrected chi connectivity index (χ3v) is 7.17. The molecule has 1 aromatic heterocycles. The van der Waals surface area contributed by atoms with Crippen LogP contribution in [0.3, 0.4) is 0 Å². The van der Waals surface area contributed by atoms with Crippen molar-refractivity contribution >= 4 is 46.4 Å². The summed E-state index contributed by atoms with van der Waals surface area (Å²) in [6, 6.07) is 14.5. The minimum absolute atomic E-state index is 0.0113. The van der Waals surface area contributed by atoms with Crippen LogP contribution in [0.4, 0.5) is 0 Å². The summed E-state index contributed by atoms with van der Waals surface area (Å²) in [6.07, 6.45) is 0. The van der Waals surface area contributed by atoms with E-state index in [-0.39, 0.29) is 11.6 Å². The fourth-order valence-corrected chi connectivity index (χ4v) is 5.44. The average Bonchev–Trinajstić information content (AvgIpc) is 3.22. The van der Waals surface area contributed by atoms with Crippen LogP contribution < -0.4 is 9.47 Å². The third-order valence-electron chi connectivity index (χ3n) is 4.05. The van der Waals surface area contributed by atoms with Crippen molar-refractivity contribution in [3.05, 3.63) is 59.7 Å². The predicted molar refractivity (Wildman–Crippen MR) is 125 cm³/mol. The zero-order valence-corrected chi connectivity index (χ0v) is 19.6. The Hall–Kier alpha value is -2.36. The Bertz CT molecular complexity index is 959. The number of thioether (sulfide) groups is 2. The van der Waals surface area contributed by atoms with Crippen molar-refractivity contribution in [2.24, 2.45) is 0 Å². The second-order valence-corrected chi connectivity index (χ2v) is 9.99. The summed E-state index contributed by atoms with van der Waals surface area (Å²) in [7, 11) is 0. The number of Topliss-reactive ketones (excluding diaryl/α,β-unsaturated/α-hetero) is 2. The Morgan fingerprint density at radius 2 is 1.19 bits per heavy atom. The molecule has 0 radical (unpaired) electrons. The van der Waals surface area contributed by atoms with Gasteiger partial charge in [-0.15, -0.1) is 10.2 Å². The number of carbonyl (C=O) groups excluding carboxylic acids is 2. The van der Waals surface area contributed by atoms with E-state index in [4.69, 9.17) is 9.47 Å². The van der Waals surface area contributed by atoms with Gasteiger partial charge in [0.1, 0.15) is 11.5 Å². The largest absolute Gasteiger partial charge is 0.492 e. The number of carbonyl (C=O) groups is 2. The molecule has 0 amide bonds. The molecule has 162 valence electrons. The molecule has 0 N–H and O–H groups in total. The number of aromatic nitrogens is 2. The minimum Gasteiger partial charge on any atom is -0.492 e. The van der Waals surface area contributed by atoms with Gasteiger partial charge in [0.25, 0.3) is 0 Å². The fourth-order valence-electron chi connectivity index (χ4n) is 2.64. The molecule has 2 aromatic carbocycles. The van der Waals surface area contributed by atoms with Crippen molar-refractivity contribution in [1.29, 1.82) is 0 Å². The minimum atomic E-state index is -0.0113. The summed E-state index contributed by atoms with van der Waals surface area (Å²) >= 11 is 4.66. The molecule has 0 unspecified atom stereocenters. The molecule has 0 aliphatic heterocycles. The number of hydrogen-bond acceptors (Lipinski definition) is 9. The van der Waals surface area contributed by atoms with Crippen LogP contribution in [0.5, 0.6) is 11.5 Å². The summed E-state index contributed by atoms with van der Waals surface area (Å²) in [4.78, 5) is 23.3. The predicted octanol–water partition coefficient (Wildman–Crippen LogP) is 5.29. The molecule has 0 spiro atoms. The van der Waals surface area contributed by atoms with Gasteiger partial charge < -0.3 is 9.47 Å². The molecule has 0 bridgehead atoms. The molecular weight excluding hydrogens is 452 g/mol. The maximum Gasteiger partial charge on any atom is 0.175 e. The van der Waals surface area contributed by atoms with Crippen molar-refractivity contribution < 1.29 is 19.1 Å². The molecule has 0 saturated carbocycles. The standard InChI is InChI=1S/C22H22N2O4S3/c1-15(25)17-7-3-5-9-19(17)27-11-13-29-21-23-24-22(31-21)30-14-12-28-20-10-6-4-8-18(20)16(2)26/h3-10H,11-14H2,1-2H3. The van der Waals surface area contributed by atoms with E-state index < -0.39 is 0 Å². The van der Waals surface area contributed by atoms with E-state index in [1.54, 1.807) is 47.8 Å². The van der Waals surface area contributed by atoms with E-state index in [9.17, 15) is 9.59 Å². The first-order valence-corrected chi connectivity index (χ1v) is 12.4. The van der Waals surface area contributed by atoms with Gasteiger partial charge in [-0.05, 0) is 38.1 Å². The highest BCUT2D eigenvalue weighted by molar-refractivity contribution is 8.03. The lowest BCUT2D eigenvalue weighted by atomic mass is 10.1. The second kappa shape index (κ2) is 11.9. The van der Waals surface area contributed by atoms with Gasteiger partial charge in [-0.25, -0.2) is 0 Å². The van der Waals surface area contributed by atoms with Crippen LogP contribution in [-0.2, 0) is 0 Å². The smallest absolute Gasteiger partial charge is 0.175 e. The summed E-state index contributed by atoms with van der Waals surface area (Å²) in [5.74, 6) is 2.60. The highest BCUT2D eigenvalue weighted by Gasteiger charge is 2.10. The number of benzene rings is 2. The molecule has 3 aromatic rings. The van der Waals surface area contributed by atoms with Crippen LogP contribution >= 0.6 is 34.9 Å². The Morgan fingerprint density at radius 1 is 0.774 bits per heavy atom. The van der Waals surface area contributed by atoms with Crippen molar-refractivity contribution in [2.45, 2.75) is 22.5 Å². The van der Waals surface area contributed by atoms with E-state index >= 15 is 0 Å². The lowest BCUT2D eigenvalue weighted by Crippen LogP contribution is -2.04. The second-order valence-electron chi connectivity index (χ2n) is 6.33. The van der Waals surface area contributed by atoms with Gasteiger partial charge in [0.05, 0.1) is 24.3 Å². The zero-order chi connectivity index (χ0) is 22.1. The van der Waals surface area contributed by atoms with Crippen LogP contribution in [0.1, 0.15) is 34.6 Å². The highest BCUT2D eigenvalue weighted by atomic mass is 32.2. The molecule has 0 atom stereocenters. The number of para-hydroxylation sites is 2. The maximum absolute atomic E-state index is 11.6. The maximum atomic E-state index is 11.6. The lowest BCUT2D eigenvalue weighted by molar-refractivity contribution is 0.100. The van der Waals surface area contributed by atoms with Gasteiger partial charge in [-0.2, -0.15) is 0 Å². The first-order chi connectivity index (χ1) is 15.0. The van der Waals surface area contributed by atoms with Gasteiger partial charge in [-0.3, -0.25) is 9.59 Å². The topological polar surface area (TPSA) is 78.4 Å². The molecule has 0 saturated heterocycles. The van der Waals surface area contributed by atoms with E-state index in [0.29, 0.717) is 47.3 Å². The van der Waals surface area contributed by atoms with Crippen LogP contribution in [0.25, 0.3) is 0 Å². The quantitative estimate of drug-likeness (QED) is 0.199. The van der Waals surface area contributed by atoms with E-state index in [0.717, 1.165) is 8.68 Å². The fraction of sp³-hybridized carbons (Fsp3) is 0.273. The number of ketones is 2. The normalized spacial score (nSPS) is 10.6. The molecular formula is C22H22N2O4S3. The molecule has 9 heteroatoms. The first-order valence-electron chi connectivity index (χ1n) is 9.59. The highest BCUT2D eigenvalue weighted by Crippen LogP contribution is 2.29. The SMILES string of the molecule is CC(=O)c1ccccc1OCCSc1nnc(SCCOc2ccccc2C(C)=O)s1. The summed E-state index contributed by atoms with van der Waals surface area (Å²) in [5.41, 5.74) is 1.19. The van der Waals surface area contributed by atoms with Gasteiger partial charge in [0.15, 0.2) is 20.2 Å². The molecule has 0 aliphatic rings. The van der Waals surface area contributed by atoms with Crippen molar-refractivity contribution in [1.82, 2.24) is 10.2 Å². The number of nitrogens with zero attached hydrogens (tertiary/aromatic N) is 2. The molecule has 3 rings (SSSR count). The number of rotatable bonds is 12. The van der Waals surface area contributed by atoms with Crippen LogP contribution in [-0.4, -0.2) is 46.5 Å². The Balaban J connectivity index is 1.38. The molecule has 0 fully saturated rings. The van der Waals surface area contributed by atoms with Gasteiger partial charge in [0.2, 0.25) is 0 Å². The molecule has 31 heavy (non-hydrogen) atoms. The molecule has 1 heterocycles. The van der Waals surface area contributed by atoms with E-state index in [2.05, 4.69) is 10.2 Å². The third kappa shape index (κ3) is 7.09. The summed E-state index contributed by atoms with van der Waals surface area (Å²) < 4.78 is 13.2. The van der Waals surface area contributed by atoms with Crippen molar-refractivity contribution in [3.63, 3.8) is 0 Å². The van der Waals surface area contributed by atoms with Crippen molar-refractivity contribution in [3.8, 4) is 11.5 Å². The van der Waals surface area contributed by atoms with E-state index in [1.807, 2.05) is 24.3 Å². The lowest BCUT2D eigenvalue weighted by Gasteiger charge is -2.08. The Kier molecular flexibility index (Phi) is 8.93. The molecule has 6 nitrogen and oxygen atoms in total. The monoisotopic (exact) mass is 474 g/mol. The van der Waals surface area contributed by atoms with Crippen LogP contribution in [0.2, 0.25) is 0 Å². The average molecular weight is 475 g/mol. The summed E-state index contributed by atoms with van der Waals surface area (Å²) in [6.45, 7) is 4.01. The van der Waals surface area contributed by atoms with Gasteiger partial charge in [0, 0.05) is 11.5 Å². The Morgan fingerprint density at radius 3 is 1.61 bits per heavy atom. The Labute approximate surface area is 193 Å². The van der Waals surface area contributed by atoms with E-state index in [1.165, 1.54) is 25.2 Å². The summed E-state index contributed by atoms with van der Waals surface area (Å²) in [5, 5.41) is 8.39. The zero-order valence-electron chi connectivity index (χ0n) is 17.2. The number of hydrogen-bond donors (Lipinski definition) is 0.